The van der Waals surface area contributed by atoms with E-state index in [-0.39, 0.29) is 18.4 Å². The van der Waals surface area contributed by atoms with E-state index in [0.717, 1.165) is 24.1 Å². The lowest BCUT2D eigenvalue weighted by atomic mass is 10.3. The van der Waals surface area contributed by atoms with E-state index in [1.807, 2.05) is 12.1 Å². The summed E-state index contributed by atoms with van der Waals surface area (Å²) in [4.78, 5) is 26.6. The van der Waals surface area contributed by atoms with Crippen molar-refractivity contribution in [2.24, 2.45) is 0 Å². The zero-order chi connectivity index (χ0) is 13.1. The number of carboxylic acid groups (broad SMARTS) is 1. The smallest absolute Gasteiger partial charge is 0.305 e. The van der Waals surface area contributed by atoms with E-state index in [1.165, 1.54) is 16.2 Å². The molecule has 0 unspecified atom stereocenters. The monoisotopic (exact) mass is 267 g/mol. The van der Waals surface area contributed by atoms with E-state index in [2.05, 4.69) is 6.92 Å². The van der Waals surface area contributed by atoms with Crippen LogP contribution < -0.4 is 0 Å². The number of hydrogen-bond acceptors (Lipinski definition) is 3. The van der Waals surface area contributed by atoms with E-state index < -0.39 is 5.97 Å². The van der Waals surface area contributed by atoms with Crippen LogP contribution in [-0.4, -0.2) is 34.5 Å². The molecule has 1 aliphatic rings. The molecule has 0 aromatic carbocycles. The maximum atomic E-state index is 12.3. The number of amides is 1. The van der Waals surface area contributed by atoms with Crippen LogP contribution in [0, 0.1) is 0 Å². The number of rotatable bonds is 6. The quantitative estimate of drug-likeness (QED) is 0.861. The highest BCUT2D eigenvalue weighted by Gasteiger charge is 2.33. The maximum Gasteiger partial charge on any atom is 0.305 e. The molecular formula is C13H17NO3S. The summed E-state index contributed by atoms with van der Waals surface area (Å²) in [5.41, 5.74) is 0. The van der Waals surface area contributed by atoms with Crippen LogP contribution in [0.25, 0.3) is 0 Å². The van der Waals surface area contributed by atoms with Gasteiger partial charge in [0.25, 0.3) is 5.91 Å². The van der Waals surface area contributed by atoms with Crippen molar-refractivity contribution in [2.75, 3.05) is 6.54 Å². The van der Waals surface area contributed by atoms with Gasteiger partial charge in [-0.15, -0.1) is 11.3 Å². The Morgan fingerprint density at radius 2 is 2.17 bits per heavy atom. The van der Waals surface area contributed by atoms with Crippen molar-refractivity contribution in [1.29, 1.82) is 0 Å². The van der Waals surface area contributed by atoms with Gasteiger partial charge in [0.05, 0.1) is 11.3 Å². The van der Waals surface area contributed by atoms with Crippen molar-refractivity contribution in [3.8, 4) is 0 Å². The number of carboxylic acids is 1. The molecule has 1 heterocycles. The first-order valence-electron chi connectivity index (χ1n) is 6.23. The summed E-state index contributed by atoms with van der Waals surface area (Å²) in [5.74, 6) is -0.864. The second kappa shape index (κ2) is 5.52. The molecule has 18 heavy (non-hydrogen) atoms. The molecular weight excluding hydrogens is 250 g/mol. The minimum absolute atomic E-state index is 0.0107. The summed E-state index contributed by atoms with van der Waals surface area (Å²) >= 11 is 1.51. The van der Waals surface area contributed by atoms with Crippen LogP contribution in [-0.2, 0) is 11.2 Å². The van der Waals surface area contributed by atoms with Crippen LogP contribution in [0.15, 0.2) is 12.1 Å². The largest absolute Gasteiger partial charge is 0.481 e. The lowest BCUT2D eigenvalue weighted by molar-refractivity contribution is -0.137. The molecule has 1 N–H and O–H groups in total. The molecule has 0 spiro atoms. The second-order valence-corrected chi connectivity index (χ2v) is 5.66. The lowest BCUT2D eigenvalue weighted by Crippen LogP contribution is -2.34. The minimum Gasteiger partial charge on any atom is -0.481 e. The second-order valence-electron chi connectivity index (χ2n) is 4.49. The SMILES string of the molecule is CCc1ccc(C(=O)N(CCC(=O)O)C2CC2)s1. The third-order valence-electron chi connectivity index (χ3n) is 3.04. The van der Waals surface area contributed by atoms with E-state index in [4.69, 9.17) is 5.11 Å². The number of aliphatic carboxylic acids is 1. The standard InChI is InChI=1S/C13H17NO3S/c1-2-10-5-6-11(18-10)13(17)14(9-3-4-9)8-7-12(15)16/h5-6,9H,2-4,7-8H2,1H3,(H,15,16). The minimum atomic E-state index is -0.853. The van der Waals surface area contributed by atoms with E-state index in [0.29, 0.717) is 6.54 Å². The van der Waals surface area contributed by atoms with Crippen LogP contribution in [0.2, 0.25) is 0 Å². The Morgan fingerprint density at radius 3 is 2.67 bits per heavy atom. The molecule has 2 rings (SSSR count). The molecule has 1 aromatic rings. The molecule has 1 aromatic heterocycles. The van der Waals surface area contributed by atoms with Gasteiger partial charge >= 0.3 is 5.97 Å². The summed E-state index contributed by atoms with van der Waals surface area (Å²) in [6.07, 6.45) is 2.94. The summed E-state index contributed by atoms with van der Waals surface area (Å²) < 4.78 is 0. The van der Waals surface area contributed by atoms with Crippen molar-refractivity contribution in [3.63, 3.8) is 0 Å². The number of carbonyl (C=O) groups is 2. The van der Waals surface area contributed by atoms with Crippen LogP contribution in [0.4, 0.5) is 0 Å². The highest BCUT2D eigenvalue weighted by Crippen LogP contribution is 2.30. The van der Waals surface area contributed by atoms with E-state index >= 15 is 0 Å². The van der Waals surface area contributed by atoms with Gasteiger partial charge < -0.3 is 10.0 Å². The fourth-order valence-electron chi connectivity index (χ4n) is 1.88. The number of aryl methyl sites for hydroxylation is 1. The predicted octanol–water partition coefficient (Wildman–Crippen LogP) is 2.39. The van der Waals surface area contributed by atoms with Crippen LogP contribution in [0.1, 0.15) is 40.7 Å². The molecule has 5 heteroatoms. The molecule has 0 aliphatic heterocycles. The van der Waals surface area contributed by atoms with Gasteiger partial charge in [-0.2, -0.15) is 0 Å². The fourth-order valence-corrected chi connectivity index (χ4v) is 2.78. The fraction of sp³-hybridized carbons (Fsp3) is 0.538. The maximum absolute atomic E-state index is 12.3. The molecule has 0 bridgehead atoms. The normalized spacial score (nSPS) is 14.5. The Kier molecular flexibility index (Phi) is 4.01. The molecule has 4 nitrogen and oxygen atoms in total. The summed E-state index contributed by atoms with van der Waals surface area (Å²) in [6.45, 7) is 2.38. The molecule has 1 amide bonds. The van der Waals surface area contributed by atoms with Gasteiger partial charge in [0.2, 0.25) is 0 Å². The molecule has 1 aliphatic carbocycles. The molecule has 0 radical (unpaired) electrons. The summed E-state index contributed by atoms with van der Waals surface area (Å²) in [7, 11) is 0. The topological polar surface area (TPSA) is 57.6 Å². The van der Waals surface area contributed by atoms with Gasteiger partial charge in [-0.05, 0) is 31.4 Å². The zero-order valence-corrected chi connectivity index (χ0v) is 11.2. The molecule has 0 saturated heterocycles. The summed E-state index contributed by atoms with van der Waals surface area (Å²) in [5, 5.41) is 8.72. The lowest BCUT2D eigenvalue weighted by Gasteiger charge is -2.20. The predicted molar refractivity (Wildman–Crippen MR) is 70.0 cm³/mol. The molecule has 0 atom stereocenters. The zero-order valence-electron chi connectivity index (χ0n) is 10.4. The van der Waals surface area contributed by atoms with Gasteiger partial charge in [-0.1, -0.05) is 6.92 Å². The first-order chi connectivity index (χ1) is 8.61. The molecule has 1 fully saturated rings. The average molecular weight is 267 g/mol. The molecule has 1 saturated carbocycles. The van der Waals surface area contributed by atoms with Crippen molar-refractivity contribution < 1.29 is 14.7 Å². The van der Waals surface area contributed by atoms with Crippen LogP contribution in [0.3, 0.4) is 0 Å². The number of hydrogen-bond donors (Lipinski definition) is 1. The van der Waals surface area contributed by atoms with Crippen molar-refractivity contribution >= 4 is 23.2 Å². The third kappa shape index (κ3) is 3.10. The Labute approximate surface area is 110 Å². The van der Waals surface area contributed by atoms with Gasteiger partial charge in [0.1, 0.15) is 0 Å². The van der Waals surface area contributed by atoms with Crippen molar-refractivity contribution in [2.45, 2.75) is 38.6 Å². The average Bonchev–Trinajstić information content (AvgIpc) is 3.06. The van der Waals surface area contributed by atoms with E-state index in [1.54, 1.807) is 4.90 Å². The first kappa shape index (κ1) is 13.1. The van der Waals surface area contributed by atoms with Crippen molar-refractivity contribution in [3.05, 3.63) is 21.9 Å². The summed E-state index contributed by atoms with van der Waals surface area (Å²) in [6, 6.07) is 4.08. The highest BCUT2D eigenvalue weighted by molar-refractivity contribution is 7.14. The van der Waals surface area contributed by atoms with Crippen LogP contribution in [0.5, 0.6) is 0 Å². The van der Waals surface area contributed by atoms with Gasteiger partial charge in [0, 0.05) is 17.5 Å². The number of carbonyl (C=O) groups excluding carboxylic acids is 1. The number of thiophene rings is 1. The highest BCUT2D eigenvalue weighted by atomic mass is 32.1. The van der Waals surface area contributed by atoms with E-state index in [9.17, 15) is 9.59 Å². The Hall–Kier alpha value is -1.36. The van der Waals surface area contributed by atoms with Crippen molar-refractivity contribution in [1.82, 2.24) is 4.90 Å². The van der Waals surface area contributed by atoms with Crippen LogP contribution >= 0.6 is 11.3 Å². The van der Waals surface area contributed by atoms with Gasteiger partial charge in [-0.3, -0.25) is 9.59 Å². The van der Waals surface area contributed by atoms with Gasteiger partial charge in [0.15, 0.2) is 0 Å². The Bertz CT molecular complexity index is 451. The molecule has 98 valence electrons. The Balaban J connectivity index is 2.05. The number of nitrogens with zero attached hydrogens (tertiary/aromatic N) is 1. The van der Waals surface area contributed by atoms with Gasteiger partial charge in [-0.25, -0.2) is 0 Å². The first-order valence-corrected chi connectivity index (χ1v) is 7.05. The third-order valence-corrected chi connectivity index (χ3v) is 4.25. The Morgan fingerprint density at radius 1 is 1.44 bits per heavy atom.